The largest absolute Gasteiger partial charge is 0.612 e. The van der Waals surface area contributed by atoms with E-state index in [0.717, 1.165) is 42.9 Å². The number of fused-ring (bicyclic) bond motifs is 1. The first-order valence-corrected chi connectivity index (χ1v) is 7.86. The van der Waals surface area contributed by atoms with Crippen molar-refractivity contribution in [3.63, 3.8) is 0 Å². The number of rotatable bonds is 3. The minimum absolute atomic E-state index is 0.0377. The summed E-state index contributed by atoms with van der Waals surface area (Å²) in [7, 11) is 0. The molecule has 8 nitrogen and oxygen atoms in total. The van der Waals surface area contributed by atoms with Crippen LogP contribution in [0.25, 0.3) is 11.0 Å². The van der Waals surface area contributed by atoms with E-state index in [-0.39, 0.29) is 17.3 Å². The van der Waals surface area contributed by atoms with Gasteiger partial charge in [0.05, 0.1) is 17.5 Å². The molecular weight excluding hydrogens is 294 g/mol. The van der Waals surface area contributed by atoms with Gasteiger partial charge in [-0.3, -0.25) is 5.17 Å². The lowest BCUT2D eigenvalue weighted by Crippen LogP contribution is -3.19. The number of nitriles is 1. The average molecular weight is 313 g/mol. The molecule has 1 unspecified atom stereocenters. The van der Waals surface area contributed by atoms with Crippen molar-refractivity contribution in [2.24, 2.45) is 5.92 Å². The lowest BCUT2D eigenvalue weighted by atomic mass is 9.76. The summed E-state index contributed by atoms with van der Waals surface area (Å²) in [5, 5.41) is 23.9. The van der Waals surface area contributed by atoms with Crippen molar-refractivity contribution in [3.8, 4) is 6.07 Å². The van der Waals surface area contributed by atoms with Crippen LogP contribution in [0, 0.1) is 22.5 Å². The molecule has 1 spiro atoms. The number of H-pyrrole nitrogens is 1. The molecule has 2 aromatic rings. The van der Waals surface area contributed by atoms with Crippen LogP contribution in [0.4, 0.5) is 5.82 Å². The van der Waals surface area contributed by atoms with Gasteiger partial charge >= 0.3 is 0 Å². The number of hydrogen-bond donors (Lipinski definition) is 2. The number of anilines is 1. The zero-order valence-electron chi connectivity index (χ0n) is 13.0. The Bertz CT molecular complexity index is 769. The molecule has 2 saturated heterocycles. The maximum absolute atomic E-state index is 12.2. The first-order valence-electron chi connectivity index (χ1n) is 7.86. The normalized spacial score (nSPS) is 28.9. The first-order chi connectivity index (χ1) is 11.2. The topological polar surface area (TPSA) is 99.3 Å². The van der Waals surface area contributed by atoms with Crippen molar-refractivity contribution in [2.45, 2.75) is 18.9 Å². The third-order valence-corrected chi connectivity index (χ3v) is 5.35. The Labute approximate surface area is 133 Å². The maximum atomic E-state index is 12.2. The average Bonchev–Trinajstić information content (AvgIpc) is 3.20. The van der Waals surface area contributed by atoms with Crippen LogP contribution >= 0.6 is 0 Å². The van der Waals surface area contributed by atoms with Crippen LogP contribution in [0.3, 0.4) is 0 Å². The predicted octanol–water partition coefficient (Wildman–Crippen LogP) is -0.320. The van der Waals surface area contributed by atoms with Gasteiger partial charge in [0.2, 0.25) is 0 Å². The van der Waals surface area contributed by atoms with E-state index in [1.165, 1.54) is 0 Å². The van der Waals surface area contributed by atoms with Crippen molar-refractivity contribution in [1.82, 2.24) is 20.0 Å². The summed E-state index contributed by atoms with van der Waals surface area (Å²) < 4.78 is 0. The number of nitrogens with zero attached hydrogens (tertiary/aromatic N) is 5. The zero-order chi connectivity index (χ0) is 16.0. The monoisotopic (exact) mass is 313 g/mol. The van der Waals surface area contributed by atoms with Gasteiger partial charge in [0.25, 0.3) is 0 Å². The highest BCUT2D eigenvalue weighted by atomic mass is 16.6. The van der Waals surface area contributed by atoms with Gasteiger partial charge in [-0.25, -0.2) is 9.97 Å². The first kappa shape index (κ1) is 14.4. The summed E-state index contributed by atoms with van der Waals surface area (Å²) >= 11 is 0. The third kappa shape index (κ3) is 2.01. The number of hydrogen-bond acceptors (Lipinski definition) is 6. The molecule has 0 aromatic carbocycles. The fraction of sp³-hybridized carbons (Fsp3) is 0.533. The van der Waals surface area contributed by atoms with E-state index in [2.05, 4.69) is 26.8 Å². The summed E-state index contributed by atoms with van der Waals surface area (Å²) in [5.41, 5.74) is 0.677. The molecule has 2 aliphatic rings. The standard InChI is InChI=1S/C15H19N7O/c1-11-8-21(22(23)7-4-16)15(11)3-6-20(9-15)14-12-2-5-17-13(12)18-10-19-14/h2,5,10-11,22H,3,6-9H2,1H3,(H,17,18,19)/t11-,15-/m0/s1. The Morgan fingerprint density at radius 2 is 2.43 bits per heavy atom. The van der Waals surface area contributed by atoms with E-state index in [4.69, 9.17) is 5.26 Å². The minimum Gasteiger partial charge on any atom is -0.612 e. The van der Waals surface area contributed by atoms with Crippen molar-refractivity contribution >= 4 is 16.9 Å². The molecule has 0 saturated carbocycles. The van der Waals surface area contributed by atoms with E-state index in [1.54, 1.807) is 6.33 Å². The van der Waals surface area contributed by atoms with Gasteiger partial charge in [0.15, 0.2) is 6.54 Å². The zero-order valence-corrected chi connectivity index (χ0v) is 13.0. The number of hydroxylamine groups is 1. The van der Waals surface area contributed by atoms with E-state index in [9.17, 15) is 5.21 Å². The van der Waals surface area contributed by atoms with Gasteiger partial charge in [-0.1, -0.05) is 6.92 Å². The highest BCUT2D eigenvalue weighted by molar-refractivity contribution is 5.87. The second kappa shape index (κ2) is 5.16. The van der Waals surface area contributed by atoms with E-state index < -0.39 is 0 Å². The van der Waals surface area contributed by atoms with Gasteiger partial charge in [-0.05, 0) is 18.4 Å². The summed E-state index contributed by atoms with van der Waals surface area (Å²) in [5.74, 6) is 1.36. The van der Waals surface area contributed by atoms with Crippen LogP contribution in [0.15, 0.2) is 18.6 Å². The third-order valence-electron chi connectivity index (χ3n) is 5.35. The lowest BCUT2D eigenvalue weighted by molar-refractivity contribution is -0.987. The Morgan fingerprint density at radius 1 is 1.57 bits per heavy atom. The number of quaternary nitrogens is 1. The molecule has 23 heavy (non-hydrogen) atoms. The van der Waals surface area contributed by atoms with Crippen LogP contribution in [0.2, 0.25) is 0 Å². The fourth-order valence-electron chi connectivity index (χ4n) is 4.02. The van der Waals surface area contributed by atoms with Crippen LogP contribution in [0.5, 0.6) is 0 Å². The Morgan fingerprint density at radius 3 is 3.22 bits per heavy atom. The molecule has 2 fully saturated rings. The van der Waals surface area contributed by atoms with Gasteiger partial charge < -0.3 is 15.1 Å². The Kier molecular flexibility index (Phi) is 3.23. The molecule has 2 aromatic heterocycles. The summed E-state index contributed by atoms with van der Waals surface area (Å²) in [6.45, 7) is 4.52. The smallest absolute Gasteiger partial charge is 0.182 e. The second-order valence-corrected chi connectivity index (χ2v) is 6.45. The van der Waals surface area contributed by atoms with Crippen molar-refractivity contribution < 1.29 is 5.17 Å². The molecule has 2 N–H and O–H groups in total. The quantitative estimate of drug-likeness (QED) is 0.595. The summed E-state index contributed by atoms with van der Waals surface area (Å²) in [4.78, 5) is 14.0. The summed E-state index contributed by atoms with van der Waals surface area (Å²) in [6.07, 6.45) is 4.35. The van der Waals surface area contributed by atoms with Crippen molar-refractivity contribution in [2.75, 3.05) is 31.1 Å². The molecule has 0 amide bonds. The molecule has 2 aliphatic heterocycles. The molecule has 4 rings (SSSR count). The van der Waals surface area contributed by atoms with Gasteiger partial charge in [-0.15, -0.1) is 5.01 Å². The number of aromatic nitrogens is 3. The van der Waals surface area contributed by atoms with Crippen LogP contribution < -0.4 is 10.1 Å². The second-order valence-electron chi connectivity index (χ2n) is 6.45. The molecule has 0 aliphatic carbocycles. The van der Waals surface area contributed by atoms with Crippen LogP contribution in [-0.4, -0.2) is 51.7 Å². The van der Waals surface area contributed by atoms with Gasteiger partial charge in [0, 0.05) is 19.3 Å². The SMILES string of the molecule is C[C@H]1CN([NH+]([O-])CC#N)[C@]12CCN(c1ncnc3[nH]ccc13)C2. The maximum Gasteiger partial charge on any atom is 0.182 e. The Hall–Kier alpha value is -2.21. The highest BCUT2D eigenvalue weighted by Gasteiger charge is 2.58. The molecule has 4 heterocycles. The number of nitrogens with one attached hydrogen (secondary N) is 2. The van der Waals surface area contributed by atoms with Crippen LogP contribution in [-0.2, 0) is 0 Å². The number of aromatic amines is 1. The predicted molar refractivity (Wildman–Crippen MR) is 84.1 cm³/mol. The van der Waals surface area contributed by atoms with Crippen LogP contribution in [0.1, 0.15) is 13.3 Å². The molecular formula is C15H19N7O. The van der Waals surface area contributed by atoms with Crippen molar-refractivity contribution in [3.05, 3.63) is 23.8 Å². The van der Waals surface area contributed by atoms with Gasteiger partial charge in [-0.2, -0.15) is 5.26 Å². The molecule has 3 atom stereocenters. The van der Waals surface area contributed by atoms with E-state index in [0.29, 0.717) is 5.92 Å². The fourth-order valence-corrected chi connectivity index (χ4v) is 4.02. The lowest BCUT2D eigenvalue weighted by Gasteiger charge is -2.57. The molecule has 0 bridgehead atoms. The van der Waals surface area contributed by atoms with E-state index >= 15 is 0 Å². The molecule has 0 radical (unpaired) electrons. The minimum atomic E-state index is -0.151. The summed E-state index contributed by atoms with van der Waals surface area (Å²) in [6, 6.07) is 3.96. The molecule has 8 heteroatoms. The van der Waals surface area contributed by atoms with Gasteiger partial charge in [0.1, 0.15) is 23.9 Å². The highest BCUT2D eigenvalue weighted by Crippen LogP contribution is 2.42. The Balaban J connectivity index is 1.61. The van der Waals surface area contributed by atoms with Crippen molar-refractivity contribution in [1.29, 1.82) is 5.26 Å². The van der Waals surface area contributed by atoms with E-state index in [1.807, 2.05) is 23.3 Å². The molecule has 120 valence electrons.